The van der Waals surface area contributed by atoms with Crippen molar-refractivity contribution in [2.75, 3.05) is 0 Å². The molecular formula is C15H11BrClF3. The van der Waals surface area contributed by atoms with Gasteiger partial charge in [0.2, 0.25) is 0 Å². The van der Waals surface area contributed by atoms with E-state index in [2.05, 4.69) is 15.9 Å². The Bertz CT molecular complexity index is 578. The topological polar surface area (TPSA) is 0 Å². The molecule has 5 heteroatoms. The van der Waals surface area contributed by atoms with E-state index in [1.165, 1.54) is 6.07 Å². The molecule has 2 aromatic carbocycles. The summed E-state index contributed by atoms with van der Waals surface area (Å²) < 4.78 is 38.9. The highest BCUT2D eigenvalue weighted by Gasteiger charge is 2.30. The van der Waals surface area contributed by atoms with Gasteiger partial charge in [-0.2, -0.15) is 13.2 Å². The molecule has 1 atom stereocenters. The molecule has 20 heavy (non-hydrogen) atoms. The predicted octanol–water partition coefficient (Wildman–Crippen LogP) is 5.99. The molecule has 0 aliphatic rings. The lowest BCUT2D eigenvalue weighted by Gasteiger charge is -2.13. The van der Waals surface area contributed by atoms with Crippen molar-refractivity contribution in [1.29, 1.82) is 0 Å². The maximum Gasteiger partial charge on any atom is 0.416 e. The van der Waals surface area contributed by atoms with Crippen molar-refractivity contribution in [3.8, 4) is 0 Å². The molecule has 0 saturated carbocycles. The van der Waals surface area contributed by atoms with Crippen molar-refractivity contribution >= 4 is 27.5 Å². The number of hydrogen-bond acceptors (Lipinski definition) is 0. The Morgan fingerprint density at radius 3 is 2.30 bits per heavy atom. The van der Waals surface area contributed by atoms with E-state index in [4.69, 9.17) is 11.6 Å². The maximum absolute atomic E-state index is 12.7. The Morgan fingerprint density at radius 2 is 1.70 bits per heavy atom. The fraction of sp³-hybridized carbons (Fsp3) is 0.200. The highest BCUT2D eigenvalue weighted by Crippen LogP contribution is 2.33. The highest BCUT2D eigenvalue weighted by atomic mass is 79.9. The van der Waals surface area contributed by atoms with Crippen molar-refractivity contribution in [1.82, 2.24) is 0 Å². The van der Waals surface area contributed by atoms with Gasteiger partial charge >= 0.3 is 6.18 Å². The van der Waals surface area contributed by atoms with Gasteiger partial charge in [0, 0.05) is 4.47 Å². The van der Waals surface area contributed by atoms with Crippen LogP contribution in [-0.4, -0.2) is 0 Å². The van der Waals surface area contributed by atoms with Crippen LogP contribution in [0.3, 0.4) is 0 Å². The lowest BCUT2D eigenvalue weighted by molar-refractivity contribution is -0.137. The molecule has 0 amide bonds. The summed E-state index contributed by atoms with van der Waals surface area (Å²) in [5.74, 6) is 0. The van der Waals surface area contributed by atoms with Crippen LogP contribution in [0.2, 0.25) is 0 Å². The standard InChI is InChI=1S/C15H11BrClF3/c16-13-6-4-10(5-7-13)8-14(17)11-2-1-3-12(9-11)15(18,19)20/h1-7,9,14H,8H2. The maximum atomic E-state index is 12.7. The molecule has 0 N–H and O–H groups in total. The average Bonchev–Trinajstić information content (AvgIpc) is 2.40. The summed E-state index contributed by atoms with van der Waals surface area (Å²) in [4.78, 5) is 0. The Kier molecular flexibility index (Phi) is 4.76. The third-order valence-corrected chi connectivity index (χ3v) is 3.84. The molecule has 2 rings (SSSR count). The molecule has 0 heterocycles. The average molecular weight is 364 g/mol. The molecule has 0 radical (unpaired) electrons. The second-order valence-corrected chi connectivity index (χ2v) is 5.86. The third kappa shape index (κ3) is 4.00. The summed E-state index contributed by atoms with van der Waals surface area (Å²) in [6.45, 7) is 0. The van der Waals surface area contributed by atoms with Crippen LogP contribution in [0.5, 0.6) is 0 Å². The van der Waals surface area contributed by atoms with E-state index in [1.807, 2.05) is 24.3 Å². The van der Waals surface area contributed by atoms with E-state index in [1.54, 1.807) is 6.07 Å². The molecule has 0 fully saturated rings. The SMILES string of the molecule is FC(F)(F)c1cccc(C(Cl)Cc2ccc(Br)cc2)c1. The van der Waals surface area contributed by atoms with E-state index in [-0.39, 0.29) is 0 Å². The molecule has 0 aromatic heterocycles. The van der Waals surface area contributed by atoms with Gasteiger partial charge in [-0.15, -0.1) is 11.6 Å². The normalized spacial score (nSPS) is 13.2. The number of halogens is 5. The van der Waals surface area contributed by atoms with Crippen LogP contribution in [0.4, 0.5) is 13.2 Å². The molecule has 106 valence electrons. The summed E-state index contributed by atoms with van der Waals surface area (Å²) >= 11 is 9.55. The first-order valence-electron chi connectivity index (χ1n) is 5.92. The summed E-state index contributed by atoms with van der Waals surface area (Å²) in [5, 5.41) is -0.488. The minimum atomic E-state index is -4.34. The fourth-order valence-electron chi connectivity index (χ4n) is 1.86. The first-order chi connectivity index (χ1) is 9.36. The van der Waals surface area contributed by atoms with E-state index in [0.717, 1.165) is 22.2 Å². The van der Waals surface area contributed by atoms with E-state index in [9.17, 15) is 13.2 Å². The Hall–Kier alpha value is -1.00. The minimum absolute atomic E-state index is 0.476. The first kappa shape index (κ1) is 15.4. The molecule has 0 aliphatic heterocycles. The highest BCUT2D eigenvalue weighted by molar-refractivity contribution is 9.10. The lowest BCUT2D eigenvalue weighted by Crippen LogP contribution is -2.06. The molecule has 0 saturated heterocycles. The number of rotatable bonds is 3. The summed E-state index contributed by atoms with van der Waals surface area (Å²) in [6, 6.07) is 12.7. The quantitative estimate of drug-likeness (QED) is 0.588. The minimum Gasteiger partial charge on any atom is -0.166 e. The zero-order valence-corrected chi connectivity index (χ0v) is 12.6. The van der Waals surface area contributed by atoms with Crippen LogP contribution < -0.4 is 0 Å². The van der Waals surface area contributed by atoms with E-state index >= 15 is 0 Å². The van der Waals surface area contributed by atoms with Gasteiger partial charge in [0.15, 0.2) is 0 Å². The van der Waals surface area contributed by atoms with Crippen LogP contribution in [0.15, 0.2) is 53.0 Å². The lowest BCUT2D eigenvalue weighted by atomic mass is 10.0. The fourth-order valence-corrected chi connectivity index (χ4v) is 2.43. The van der Waals surface area contributed by atoms with Crippen LogP contribution in [0.1, 0.15) is 22.1 Å². The van der Waals surface area contributed by atoms with Crippen molar-refractivity contribution in [3.63, 3.8) is 0 Å². The van der Waals surface area contributed by atoms with Gasteiger partial charge in [-0.1, -0.05) is 46.3 Å². The van der Waals surface area contributed by atoms with Gasteiger partial charge in [0.05, 0.1) is 10.9 Å². The Balaban J connectivity index is 2.17. The van der Waals surface area contributed by atoms with Crippen LogP contribution in [-0.2, 0) is 12.6 Å². The first-order valence-corrected chi connectivity index (χ1v) is 7.15. The zero-order valence-electron chi connectivity index (χ0n) is 10.3. The zero-order chi connectivity index (χ0) is 14.8. The third-order valence-electron chi connectivity index (χ3n) is 2.90. The van der Waals surface area contributed by atoms with Crippen molar-refractivity contribution < 1.29 is 13.2 Å². The van der Waals surface area contributed by atoms with Gasteiger partial charge in [-0.05, 0) is 35.7 Å². The van der Waals surface area contributed by atoms with Crippen molar-refractivity contribution in [2.24, 2.45) is 0 Å². The largest absolute Gasteiger partial charge is 0.416 e. The second-order valence-electron chi connectivity index (χ2n) is 4.42. The smallest absolute Gasteiger partial charge is 0.166 e. The van der Waals surface area contributed by atoms with Gasteiger partial charge in [0.1, 0.15) is 0 Å². The van der Waals surface area contributed by atoms with Crippen LogP contribution >= 0.6 is 27.5 Å². The number of alkyl halides is 4. The van der Waals surface area contributed by atoms with Crippen molar-refractivity contribution in [3.05, 3.63) is 69.7 Å². The Morgan fingerprint density at radius 1 is 1.05 bits per heavy atom. The molecule has 2 aromatic rings. The molecular weight excluding hydrogens is 353 g/mol. The van der Waals surface area contributed by atoms with Gasteiger partial charge in [0.25, 0.3) is 0 Å². The number of benzene rings is 2. The molecule has 0 nitrogen and oxygen atoms in total. The van der Waals surface area contributed by atoms with Crippen molar-refractivity contribution in [2.45, 2.75) is 18.0 Å². The molecule has 0 aliphatic carbocycles. The number of hydrogen-bond donors (Lipinski definition) is 0. The Labute approximate surface area is 128 Å². The van der Waals surface area contributed by atoms with Gasteiger partial charge in [-0.25, -0.2) is 0 Å². The summed E-state index contributed by atoms with van der Waals surface area (Å²) in [5.41, 5.74) is 0.784. The molecule has 1 unspecified atom stereocenters. The van der Waals surface area contributed by atoms with Gasteiger partial charge < -0.3 is 0 Å². The van der Waals surface area contributed by atoms with Gasteiger partial charge in [-0.3, -0.25) is 0 Å². The summed E-state index contributed by atoms with van der Waals surface area (Å²) in [6.07, 6.45) is -3.86. The van der Waals surface area contributed by atoms with E-state index < -0.39 is 17.1 Å². The monoisotopic (exact) mass is 362 g/mol. The second kappa shape index (κ2) is 6.19. The summed E-state index contributed by atoms with van der Waals surface area (Å²) in [7, 11) is 0. The van der Waals surface area contributed by atoms with Crippen LogP contribution in [0.25, 0.3) is 0 Å². The molecule has 0 bridgehead atoms. The van der Waals surface area contributed by atoms with E-state index in [0.29, 0.717) is 12.0 Å². The van der Waals surface area contributed by atoms with Crippen LogP contribution in [0, 0.1) is 0 Å². The molecule has 0 spiro atoms. The predicted molar refractivity (Wildman–Crippen MR) is 77.9 cm³/mol.